The molecule has 0 saturated heterocycles. The largest absolute Gasteiger partial charge is 0.366 e. The SMILES string of the molecule is Cc1ccncc1CNc1ncnc(Cl)c1C. The summed E-state index contributed by atoms with van der Waals surface area (Å²) in [6, 6.07) is 1.98. The molecule has 0 aromatic carbocycles. The van der Waals surface area contributed by atoms with Crippen molar-refractivity contribution in [1.82, 2.24) is 15.0 Å². The zero-order valence-corrected chi connectivity index (χ0v) is 10.5. The Hall–Kier alpha value is -1.68. The van der Waals surface area contributed by atoms with E-state index in [1.54, 1.807) is 6.20 Å². The van der Waals surface area contributed by atoms with Gasteiger partial charge in [0.2, 0.25) is 0 Å². The molecule has 0 aliphatic rings. The first-order valence-electron chi connectivity index (χ1n) is 5.29. The molecule has 0 saturated carbocycles. The van der Waals surface area contributed by atoms with Crippen molar-refractivity contribution in [1.29, 1.82) is 0 Å². The van der Waals surface area contributed by atoms with Gasteiger partial charge in [0.1, 0.15) is 17.3 Å². The van der Waals surface area contributed by atoms with Crippen molar-refractivity contribution in [2.24, 2.45) is 0 Å². The Balaban J connectivity index is 2.13. The van der Waals surface area contributed by atoms with Crippen molar-refractivity contribution in [2.45, 2.75) is 20.4 Å². The molecule has 2 aromatic rings. The Morgan fingerprint density at radius 3 is 2.88 bits per heavy atom. The molecule has 0 amide bonds. The molecule has 0 bridgehead atoms. The van der Waals surface area contributed by atoms with E-state index >= 15 is 0 Å². The summed E-state index contributed by atoms with van der Waals surface area (Å²) in [6.07, 6.45) is 5.08. The molecule has 5 heteroatoms. The Morgan fingerprint density at radius 2 is 2.12 bits per heavy atom. The standard InChI is InChI=1S/C12H13ClN4/c1-8-3-4-14-5-10(8)6-15-12-9(2)11(13)16-7-17-12/h3-5,7H,6H2,1-2H3,(H,15,16,17). The zero-order chi connectivity index (χ0) is 12.3. The molecule has 0 fully saturated rings. The summed E-state index contributed by atoms with van der Waals surface area (Å²) in [5.74, 6) is 0.758. The lowest BCUT2D eigenvalue weighted by atomic mass is 10.1. The lowest BCUT2D eigenvalue weighted by molar-refractivity contribution is 1.03. The number of rotatable bonds is 3. The van der Waals surface area contributed by atoms with Crippen LogP contribution in [0, 0.1) is 13.8 Å². The van der Waals surface area contributed by atoms with Crippen molar-refractivity contribution >= 4 is 17.4 Å². The molecular weight excluding hydrogens is 236 g/mol. The van der Waals surface area contributed by atoms with Crippen LogP contribution in [0.25, 0.3) is 0 Å². The summed E-state index contributed by atoms with van der Waals surface area (Å²) in [6.45, 7) is 4.62. The molecular formula is C12H13ClN4. The molecule has 17 heavy (non-hydrogen) atoms. The van der Waals surface area contributed by atoms with E-state index in [1.165, 1.54) is 11.9 Å². The van der Waals surface area contributed by atoms with Crippen molar-refractivity contribution in [2.75, 3.05) is 5.32 Å². The molecule has 0 unspecified atom stereocenters. The fourth-order valence-corrected chi connectivity index (χ4v) is 1.60. The maximum Gasteiger partial charge on any atom is 0.137 e. The second-order valence-electron chi connectivity index (χ2n) is 3.79. The maximum absolute atomic E-state index is 5.92. The third-order valence-electron chi connectivity index (χ3n) is 2.62. The van der Waals surface area contributed by atoms with Crippen LogP contribution in [0.4, 0.5) is 5.82 Å². The Morgan fingerprint density at radius 1 is 1.29 bits per heavy atom. The van der Waals surface area contributed by atoms with E-state index in [4.69, 9.17) is 11.6 Å². The summed E-state index contributed by atoms with van der Waals surface area (Å²) in [4.78, 5) is 12.2. The highest BCUT2D eigenvalue weighted by atomic mass is 35.5. The van der Waals surface area contributed by atoms with Gasteiger partial charge in [0.25, 0.3) is 0 Å². The van der Waals surface area contributed by atoms with E-state index in [1.807, 2.05) is 19.2 Å². The lowest BCUT2D eigenvalue weighted by Crippen LogP contribution is -2.05. The van der Waals surface area contributed by atoms with E-state index in [9.17, 15) is 0 Å². The first-order chi connectivity index (χ1) is 8.18. The topological polar surface area (TPSA) is 50.7 Å². The number of nitrogens with one attached hydrogen (secondary N) is 1. The van der Waals surface area contributed by atoms with Crippen LogP contribution in [-0.4, -0.2) is 15.0 Å². The van der Waals surface area contributed by atoms with Crippen molar-refractivity contribution in [3.8, 4) is 0 Å². The fourth-order valence-electron chi connectivity index (χ4n) is 1.47. The van der Waals surface area contributed by atoms with Crippen LogP contribution in [0.2, 0.25) is 5.15 Å². The quantitative estimate of drug-likeness (QED) is 0.849. The van der Waals surface area contributed by atoms with Gasteiger partial charge in [0.05, 0.1) is 0 Å². The molecule has 0 aliphatic carbocycles. The molecule has 2 rings (SSSR count). The van der Waals surface area contributed by atoms with E-state index in [-0.39, 0.29) is 0 Å². The Bertz CT molecular complexity index is 528. The third kappa shape index (κ3) is 2.71. The van der Waals surface area contributed by atoms with Crippen LogP contribution >= 0.6 is 11.6 Å². The van der Waals surface area contributed by atoms with Crippen LogP contribution in [0.5, 0.6) is 0 Å². The van der Waals surface area contributed by atoms with Crippen LogP contribution in [-0.2, 0) is 6.54 Å². The molecule has 88 valence electrons. The highest BCUT2D eigenvalue weighted by molar-refractivity contribution is 6.30. The van der Waals surface area contributed by atoms with Gasteiger partial charge in [-0.1, -0.05) is 11.6 Å². The van der Waals surface area contributed by atoms with E-state index in [0.717, 1.165) is 16.9 Å². The molecule has 0 radical (unpaired) electrons. The minimum Gasteiger partial charge on any atom is -0.366 e. The molecule has 2 heterocycles. The number of aryl methyl sites for hydroxylation is 1. The highest BCUT2D eigenvalue weighted by Crippen LogP contribution is 2.18. The maximum atomic E-state index is 5.92. The average molecular weight is 249 g/mol. The van der Waals surface area contributed by atoms with Crippen LogP contribution in [0.15, 0.2) is 24.8 Å². The summed E-state index contributed by atoms with van der Waals surface area (Å²) in [5, 5.41) is 3.71. The number of halogens is 1. The van der Waals surface area contributed by atoms with Gasteiger partial charge < -0.3 is 5.32 Å². The highest BCUT2D eigenvalue weighted by Gasteiger charge is 2.05. The van der Waals surface area contributed by atoms with Gasteiger partial charge in [0.15, 0.2) is 0 Å². The second-order valence-corrected chi connectivity index (χ2v) is 4.15. The van der Waals surface area contributed by atoms with Gasteiger partial charge in [-0.3, -0.25) is 4.98 Å². The van der Waals surface area contributed by atoms with E-state index < -0.39 is 0 Å². The molecule has 0 aliphatic heterocycles. The summed E-state index contributed by atoms with van der Waals surface area (Å²) >= 11 is 5.92. The Kier molecular flexibility index (Phi) is 3.54. The predicted molar refractivity (Wildman–Crippen MR) is 68.1 cm³/mol. The van der Waals surface area contributed by atoms with Crippen LogP contribution < -0.4 is 5.32 Å². The number of hydrogen-bond acceptors (Lipinski definition) is 4. The van der Waals surface area contributed by atoms with Crippen molar-refractivity contribution < 1.29 is 0 Å². The number of pyridine rings is 1. The lowest BCUT2D eigenvalue weighted by Gasteiger charge is -2.10. The Labute approximate surface area is 105 Å². The summed E-state index contributed by atoms with van der Waals surface area (Å²) < 4.78 is 0. The smallest absolute Gasteiger partial charge is 0.137 e. The third-order valence-corrected chi connectivity index (χ3v) is 3.00. The van der Waals surface area contributed by atoms with Crippen molar-refractivity contribution in [3.63, 3.8) is 0 Å². The summed E-state index contributed by atoms with van der Waals surface area (Å²) in [7, 11) is 0. The molecule has 1 N–H and O–H groups in total. The van der Waals surface area contributed by atoms with E-state index in [0.29, 0.717) is 11.7 Å². The first kappa shape index (κ1) is 11.8. The van der Waals surface area contributed by atoms with Gasteiger partial charge in [-0.05, 0) is 31.0 Å². The normalized spacial score (nSPS) is 10.3. The first-order valence-corrected chi connectivity index (χ1v) is 5.66. The minimum absolute atomic E-state index is 0.477. The van der Waals surface area contributed by atoms with Gasteiger partial charge in [-0.25, -0.2) is 9.97 Å². The average Bonchev–Trinajstić information content (AvgIpc) is 2.33. The molecule has 4 nitrogen and oxygen atoms in total. The zero-order valence-electron chi connectivity index (χ0n) is 9.74. The number of hydrogen-bond donors (Lipinski definition) is 1. The number of aromatic nitrogens is 3. The monoisotopic (exact) mass is 248 g/mol. The van der Waals surface area contributed by atoms with Crippen LogP contribution in [0.3, 0.4) is 0 Å². The molecule has 0 atom stereocenters. The van der Waals surface area contributed by atoms with Gasteiger partial charge in [-0.15, -0.1) is 0 Å². The summed E-state index contributed by atoms with van der Waals surface area (Å²) in [5.41, 5.74) is 3.20. The fraction of sp³-hybridized carbons (Fsp3) is 0.250. The molecule has 2 aromatic heterocycles. The number of nitrogens with zero attached hydrogens (tertiary/aromatic N) is 3. The van der Waals surface area contributed by atoms with Gasteiger partial charge in [0, 0.05) is 24.5 Å². The van der Waals surface area contributed by atoms with Gasteiger partial charge >= 0.3 is 0 Å². The number of anilines is 1. The minimum atomic E-state index is 0.477. The van der Waals surface area contributed by atoms with Gasteiger partial charge in [-0.2, -0.15) is 0 Å². The van der Waals surface area contributed by atoms with Crippen LogP contribution in [0.1, 0.15) is 16.7 Å². The van der Waals surface area contributed by atoms with Crippen molar-refractivity contribution in [3.05, 3.63) is 46.6 Å². The second kappa shape index (κ2) is 5.10. The predicted octanol–water partition coefficient (Wildman–Crippen LogP) is 2.75. The van der Waals surface area contributed by atoms with E-state index in [2.05, 4.69) is 27.2 Å². The molecule has 0 spiro atoms.